The summed E-state index contributed by atoms with van der Waals surface area (Å²) in [5, 5.41) is 15.0. The van der Waals surface area contributed by atoms with Crippen molar-refractivity contribution in [3.05, 3.63) is 53.6 Å². The highest BCUT2D eigenvalue weighted by molar-refractivity contribution is 8.01. The number of thioether (sulfide) groups is 1. The first kappa shape index (κ1) is 20.9. The fourth-order valence-electron chi connectivity index (χ4n) is 2.45. The van der Waals surface area contributed by atoms with Crippen molar-refractivity contribution in [3.8, 4) is 11.5 Å². The molecule has 7 nitrogen and oxygen atoms in total. The van der Waals surface area contributed by atoms with Crippen LogP contribution in [-0.4, -0.2) is 36.1 Å². The number of benzene rings is 2. The van der Waals surface area contributed by atoms with Gasteiger partial charge in [-0.25, -0.2) is 0 Å². The van der Waals surface area contributed by atoms with Crippen molar-refractivity contribution in [1.82, 2.24) is 15.5 Å². The van der Waals surface area contributed by atoms with Gasteiger partial charge in [0, 0.05) is 12.2 Å². The second kappa shape index (κ2) is 10.1. The molecule has 0 saturated carbocycles. The van der Waals surface area contributed by atoms with E-state index >= 15 is 0 Å². The smallest absolute Gasteiger partial charge is 0.230 e. The Labute approximate surface area is 177 Å². The molecule has 1 aromatic heterocycles. The third-order valence-corrected chi connectivity index (χ3v) is 5.95. The Morgan fingerprint density at radius 3 is 2.55 bits per heavy atom. The molecule has 0 saturated heterocycles. The Morgan fingerprint density at radius 1 is 1.07 bits per heavy atom. The average Bonchev–Trinajstić information content (AvgIpc) is 3.19. The molecule has 0 unspecified atom stereocenters. The van der Waals surface area contributed by atoms with Crippen LogP contribution in [0, 0.1) is 6.92 Å². The van der Waals surface area contributed by atoms with E-state index in [2.05, 4.69) is 20.8 Å². The van der Waals surface area contributed by atoms with Crippen LogP contribution < -0.4 is 20.1 Å². The molecule has 2 N–H and O–H groups in total. The number of rotatable bonds is 9. The van der Waals surface area contributed by atoms with Crippen LogP contribution in [0.25, 0.3) is 0 Å². The largest absolute Gasteiger partial charge is 0.493 e. The van der Waals surface area contributed by atoms with Crippen molar-refractivity contribution in [2.24, 2.45) is 0 Å². The second-order valence-electron chi connectivity index (χ2n) is 6.12. The maximum absolute atomic E-state index is 12.1. The number of carbonyl (C=O) groups excluding carboxylic acids is 1. The molecule has 29 heavy (non-hydrogen) atoms. The van der Waals surface area contributed by atoms with Gasteiger partial charge in [-0.1, -0.05) is 46.9 Å². The Bertz CT molecular complexity index is 961. The number of hydrogen-bond donors (Lipinski definition) is 2. The minimum atomic E-state index is -0.0759. The number of carbonyl (C=O) groups is 1. The van der Waals surface area contributed by atoms with Crippen molar-refractivity contribution in [2.75, 3.05) is 25.3 Å². The SMILES string of the molecule is COc1ccc(CNC(=O)CSc2nnc(Nc3ccc(C)cc3)s2)cc1OC. The molecular weight excluding hydrogens is 408 g/mol. The maximum atomic E-state index is 12.1. The zero-order chi connectivity index (χ0) is 20.6. The lowest BCUT2D eigenvalue weighted by atomic mass is 10.2. The fraction of sp³-hybridized carbons (Fsp3) is 0.250. The predicted octanol–water partition coefficient (Wildman–Crippen LogP) is 4.02. The topological polar surface area (TPSA) is 85.4 Å². The molecule has 0 fully saturated rings. The van der Waals surface area contributed by atoms with Crippen LogP contribution in [0.5, 0.6) is 11.5 Å². The van der Waals surface area contributed by atoms with Crippen LogP contribution in [0.1, 0.15) is 11.1 Å². The molecule has 3 rings (SSSR count). The molecule has 152 valence electrons. The van der Waals surface area contributed by atoms with Gasteiger partial charge in [-0.2, -0.15) is 0 Å². The number of nitrogens with zero attached hydrogens (tertiary/aromatic N) is 2. The van der Waals surface area contributed by atoms with Gasteiger partial charge >= 0.3 is 0 Å². The van der Waals surface area contributed by atoms with Crippen molar-refractivity contribution in [2.45, 2.75) is 17.8 Å². The number of methoxy groups -OCH3 is 2. The van der Waals surface area contributed by atoms with Gasteiger partial charge < -0.3 is 20.1 Å². The first-order valence-corrected chi connectivity index (χ1v) is 10.6. The summed E-state index contributed by atoms with van der Waals surface area (Å²) in [6, 6.07) is 13.6. The van der Waals surface area contributed by atoms with Gasteiger partial charge in [-0.15, -0.1) is 10.2 Å². The molecule has 0 bridgehead atoms. The zero-order valence-corrected chi connectivity index (χ0v) is 18.0. The summed E-state index contributed by atoms with van der Waals surface area (Å²) >= 11 is 2.78. The van der Waals surface area contributed by atoms with E-state index in [1.54, 1.807) is 14.2 Å². The number of nitrogens with one attached hydrogen (secondary N) is 2. The van der Waals surface area contributed by atoms with Gasteiger partial charge in [0.1, 0.15) is 0 Å². The zero-order valence-electron chi connectivity index (χ0n) is 16.4. The minimum Gasteiger partial charge on any atom is -0.493 e. The molecule has 0 aliphatic rings. The molecule has 3 aromatic rings. The van der Waals surface area contributed by atoms with Gasteiger partial charge in [0.2, 0.25) is 11.0 Å². The van der Waals surface area contributed by atoms with Crippen LogP contribution >= 0.6 is 23.1 Å². The van der Waals surface area contributed by atoms with Crippen molar-refractivity contribution < 1.29 is 14.3 Å². The standard InChI is InChI=1S/C20H22N4O3S2/c1-13-4-7-15(8-5-13)22-19-23-24-20(29-19)28-12-18(25)21-11-14-6-9-16(26-2)17(10-14)27-3/h4-10H,11-12H2,1-3H3,(H,21,25)(H,22,23). The van der Waals surface area contributed by atoms with Gasteiger partial charge in [-0.3, -0.25) is 4.79 Å². The number of anilines is 2. The summed E-state index contributed by atoms with van der Waals surface area (Å²) in [4.78, 5) is 12.1. The molecule has 0 aliphatic heterocycles. The second-order valence-corrected chi connectivity index (χ2v) is 8.32. The van der Waals surface area contributed by atoms with E-state index in [1.807, 2.05) is 49.4 Å². The molecular formula is C20H22N4O3S2. The quantitative estimate of drug-likeness (QED) is 0.496. The van der Waals surface area contributed by atoms with E-state index in [9.17, 15) is 4.79 Å². The van der Waals surface area contributed by atoms with Crippen molar-refractivity contribution in [3.63, 3.8) is 0 Å². The number of aryl methyl sites for hydroxylation is 1. The number of aromatic nitrogens is 2. The lowest BCUT2D eigenvalue weighted by Gasteiger charge is -2.10. The molecule has 0 radical (unpaired) electrons. The third-order valence-electron chi connectivity index (χ3n) is 3.97. The van der Waals surface area contributed by atoms with Crippen LogP contribution in [0.2, 0.25) is 0 Å². The predicted molar refractivity (Wildman–Crippen MR) is 116 cm³/mol. The van der Waals surface area contributed by atoms with E-state index in [1.165, 1.54) is 28.7 Å². The van der Waals surface area contributed by atoms with Crippen molar-refractivity contribution in [1.29, 1.82) is 0 Å². The molecule has 9 heteroatoms. The lowest BCUT2D eigenvalue weighted by molar-refractivity contribution is -0.118. The average molecular weight is 431 g/mol. The molecule has 0 spiro atoms. The van der Waals surface area contributed by atoms with Crippen LogP contribution in [0.3, 0.4) is 0 Å². The molecule has 1 amide bonds. The van der Waals surface area contributed by atoms with E-state index in [0.29, 0.717) is 23.2 Å². The monoisotopic (exact) mass is 430 g/mol. The molecule has 0 aliphatic carbocycles. The Morgan fingerprint density at radius 2 is 1.83 bits per heavy atom. The number of amides is 1. The highest BCUT2D eigenvalue weighted by Gasteiger charge is 2.10. The van der Waals surface area contributed by atoms with Crippen LogP contribution in [0.15, 0.2) is 46.8 Å². The Kier molecular flexibility index (Phi) is 7.31. The summed E-state index contributed by atoms with van der Waals surface area (Å²) in [5.74, 6) is 1.49. The van der Waals surface area contributed by atoms with E-state index in [0.717, 1.165) is 15.6 Å². The summed E-state index contributed by atoms with van der Waals surface area (Å²) in [6.45, 7) is 2.45. The van der Waals surface area contributed by atoms with Gasteiger partial charge in [0.05, 0.1) is 20.0 Å². The normalized spacial score (nSPS) is 10.4. The highest BCUT2D eigenvalue weighted by Crippen LogP contribution is 2.28. The summed E-state index contributed by atoms with van der Waals surface area (Å²) in [7, 11) is 3.17. The molecule has 1 heterocycles. The van der Waals surface area contributed by atoms with Crippen LogP contribution in [0.4, 0.5) is 10.8 Å². The Balaban J connectivity index is 1.46. The van der Waals surface area contributed by atoms with Crippen molar-refractivity contribution >= 4 is 39.8 Å². The first-order valence-electron chi connectivity index (χ1n) is 8.85. The molecule has 0 atom stereocenters. The minimum absolute atomic E-state index is 0.0759. The summed E-state index contributed by atoms with van der Waals surface area (Å²) in [5.41, 5.74) is 3.08. The first-order chi connectivity index (χ1) is 14.1. The summed E-state index contributed by atoms with van der Waals surface area (Å²) < 4.78 is 11.2. The fourth-order valence-corrected chi connectivity index (χ4v) is 4.05. The lowest BCUT2D eigenvalue weighted by Crippen LogP contribution is -2.24. The summed E-state index contributed by atoms with van der Waals surface area (Å²) in [6.07, 6.45) is 0. The van der Waals surface area contributed by atoms with Gasteiger partial charge in [-0.05, 0) is 36.8 Å². The third kappa shape index (κ3) is 6.10. The van der Waals surface area contributed by atoms with E-state index in [4.69, 9.17) is 9.47 Å². The van der Waals surface area contributed by atoms with E-state index < -0.39 is 0 Å². The maximum Gasteiger partial charge on any atom is 0.230 e. The number of ether oxygens (including phenoxy) is 2. The van der Waals surface area contributed by atoms with Gasteiger partial charge in [0.25, 0.3) is 0 Å². The number of hydrogen-bond acceptors (Lipinski definition) is 8. The Hall–Kier alpha value is -2.78. The van der Waals surface area contributed by atoms with Crippen LogP contribution in [-0.2, 0) is 11.3 Å². The van der Waals surface area contributed by atoms with E-state index in [-0.39, 0.29) is 11.7 Å². The highest BCUT2D eigenvalue weighted by atomic mass is 32.2. The molecule has 2 aromatic carbocycles. The van der Waals surface area contributed by atoms with Gasteiger partial charge in [0.15, 0.2) is 15.8 Å².